The minimum absolute atomic E-state index is 0.139. The second-order valence-electron chi connectivity index (χ2n) is 11.5. The molecule has 10 heteroatoms. The third-order valence-corrected chi connectivity index (χ3v) is 8.88. The Bertz CT molecular complexity index is 1340. The molecule has 0 saturated carbocycles. The lowest BCUT2D eigenvalue weighted by molar-refractivity contribution is -0.130. The molecule has 0 aliphatic carbocycles. The lowest BCUT2D eigenvalue weighted by Gasteiger charge is -2.42. The summed E-state index contributed by atoms with van der Waals surface area (Å²) in [7, 11) is 2.13. The van der Waals surface area contributed by atoms with Crippen molar-refractivity contribution in [2.24, 2.45) is 0 Å². The van der Waals surface area contributed by atoms with Gasteiger partial charge in [-0.05, 0) is 63.9 Å². The topological polar surface area (TPSA) is 109 Å². The van der Waals surface area contributed by atoms with E-state index >= 15 is 0 Å². The van der Waals surface area contributed by atoms with Crippen molar-refractivity contribution in [1.82, 2.24) is 19.8 Å². The first kappa shape index (κ1) is 28.8. The van der Waals surface area contributed by atoms with Gasteiger partial charge in [0.15, 0.2) is 0 Å². The largest absolute Gasteiger partial charge is 0.462 e. The van der Waals surface area contributed by atoms with Crippen LogP contribution >= 0.6 is 0 Å². The summed E-state index contributed by atoms with van der Waals surface area (Å²) in [5, 5.41) is 19.0. The molecule has 1 amide bonds. The van der Waals surface area contributed by atoms with Gasteiger partial charge in [0, 0.05) is 49.0 Å². The summed E-state index contributed by atoms with van der Waals surface area (Å²) >= 11 is 0. The van der Waals surface area contributed by atoms with E-state index in [9.17, 15) is 15.2 Å². The molecular formula is C31H41N7O3. The number of carbonyl (C=O) groups is 1. The van der Waals surface area contributed by atoms with Gasteiger partial charge in [-0.25, -0.2) is 0 Å². The molecule has 2 fully saturated rings. The normalized spacial score (nSPS) is 21.0. The summed E-state index contributed by atoms with van der Waals surface area (Å²) in [6.45, 7) is 12.2. The van der Waals surface area contributed by atoms with Crippen LogP contribution in [0.4, 0.5) is 11.5 Å². The van der Waals surface area contributed by atoms with Gasteiger partial charge in [-0.15, -0.1) is 0 Å². The van der Waals surface area contributed by atoms with Crippen LogP contribution < -0.4 is 14.5 Å². The minimum Gasteiger partial charge on any atom is -0.462 e. The average molecular weight is 560 g/mol. The molecule has 3 aliphatic heterocycles. The number of hydrogen-bond acceptors (Lipinski definition) is 9. The fourth-order valence-corrected chi connectivity index (χ4v) is 6.22. The zero-order valence-electron chi connectivity index (χ0n) is 24.5. The van der Waals surface area contributed by atoms with Crippen molar-refractivity contribution in [2.75, 3.05) is 62.8 Å². The van der Waals surface area contributed by atoms with Gasteiger partial charge in [0.2, 0.25) is 0 Å². The van der Waals surface area contributed by atoms with E-state index in [1.54, 1.807) is 4.90 Å². The molecule has 1 aromatic carbocycles. The maximum absolute atomic E-state index is 12.9. The van der Waals surface area contributed by atoms with E-state index in [0.29, 0.717) is 44.8 Å². The van der Waals surface area contributed by atoms with Gasteiger partial charge in [-0.1, -0.05) is 18.7 Å². The van der Waals surface area contributed by atoms with Crippen LogP contribution in [0.25, 0.3) is 0 Å². The molecule has 1 aromatic heterocycles. The van der Waals surface area contributed by atoms with E-state index in [1.165, 1.54) is 16.8 Å². The van der Waals surface area contributed by atoms with Gasteiger partial charge in [-0.2, -0.15) is 15.2 Å². The molecule has 0 unspecified atom stereocenters. The van der Waals surface area contributed by atoms with E-state index < -0.39 is 6.61 Å². The summed E-state index contributed by atoms with van der Waals surface area (Å²) in [5.74, 6) is 0.535. The van der Waals surface area contributed by atoms with Gasteiger partial charge < -0.3 is 29.4 Å². The molecule has 218 valence electrons. The van der Waals surface area contributed by atoms with Gasteiger partial charge >= 0.3 is 6.01 Å². The van der Waals surface area contributed by atoms with Crippen LogP contribution in [-0.4, -0.2) is 95.9 Å². The maximum Gasteiger partial charge on any atom is 0.318 e. The summed E-state index contributed by atoms with van der Waals surface area (Å²) < 4.78 is 6.26. The van der Waals surface area contributed by atoms with Gasteiger partial charge in [-0.3, -0.25) is 4.79 Å². The number of amides is 1. The number of piperazine rings is 1. The van der Waals surface area contributed by atoms with Crippen LogP contribution in [0.2, 0.25) is 0 Å². The first-order chi connectivity index (χ1) is 19.8. The highest BCUT2D eigenvalue weighted by Gasteiger charge is 2.35. The van der Waals surface area contributed by atoms with Crippen LogP contribution in [0.3, 0.4) is 0 Å². The molecule has 10 nitrogen and oxygen atoms in total. The summed E-state index contributed by atoms with van der Waals surface area (Å²) in [4.78, 5) is 31.3. The molecular weight excluding hydrogens is 518 g/mol. The smallest absolute Gasteiger partial charge is 0.318 e. The third kappa shape index (κ3) is 6.02. The Morgan fingerprint density at radius 2 is 2.00 bits per heavy atom. The number of ether oxygens (including phenoxy) is 1. The molecule has 41 heavy (non-hydrogen) atoms. The van der Waals surface area contributed by atoms with Crippen molar-refractivity contribution in [3.05, 3.63) is 52.7 Å². The van der Waals surface area contributed by atoms with Crippen molar-refractivity contribution in [3.8, 4) is 12.1 Å². The number of fused-ring (bicyclic) bond motifs is 1. The molecule has 0 radical (unpaired) electrons. The number of anilines is 2. The fourth-order valence-electron chi connectivity index (χ4n) is 6.22. The molecule has 0 bridgehead atoms. The van der Waals surface area contributed by atoms with Crippen molar-refractivity contribution in [2.45, 2.75) is 58.2 Å². The Morgan fingerprint density at radius 3 is 2.73 bits per heavy atom. The highest BCUT2D eigenvalue weighted by Crippen LogP contribution is 2.34. The summed E-state index contributed by atoms with van der Waals surface area (Å²) in [6, 6.07) is 9.04. The zero-order chi connectivity index (χ0) is 29.1. The first-order valence-corrected chi connectivity index (χ1v) is 14.6. The van der Waals surface area contributed by atoms with Crippen LogP contribution in [0.5, 0.6) is 6.01 Å². The van der Waals surface area contributed by atoms with E-state index in [4.69, 9.17) is 14.7 Å². The number of benzene rings is 1. The average Bonchev–Trinajstić information content (AvgIpc) is 3.40. The molecule has 3 aliphatic rings. The van der Waals surface area contributed by atoms with Crippen molar-refractivity contribution in [3.63, 3.8) is 0 Å². The number of likely N-dealkylation sites (tertiary alicyclic amines) is 1. The van der Waals surface area contributed by atoms with Crippen LogP contribution in [0, 0.1) is 25.2 Å². The van der Waals surface area contributed by atoms with Crippen LogP contribution in [-0.2, 0) is 17.8 Å². The lowest BCUT2D eigenvalue weighted by atomic mass is 10.0. The van der Waals surface area contributed by atoms with Crippen molar-refractivity contribution < 1.29 is 14.6 Å². The van der Waals surface area contributed by atoms with Crippen LogP contribution in [0.15, 0.2) is 30.4 Å². The Labute approximate surface area is 242 Å². The predicted molar refractivity (Wildman–Crippen MR) is 158 cm³/mol. The fraction of sp³-hybridized carbons (Fsp3) is 0.548. The maximum atomic E-state index is 12.9. The Kier molecular flexibility index (Phi) is 8.76. The number of aliphatic hydroxyl groups is 1. The Balaban J connectivity index is 1.45. The molecule has 5 rings (SSSR count). The van der Waals surface area contributed by atoms with E-state index in [0.717, 1.165) is 49.4 Å². The lowest BCUT2D eigenvalue weighted by Crippen LogP contribution is -2.56. The molecule has 2 aromatic rings. The molecule has 2 atom stereocenters. The number of nitriles is 1. The van der Waals surface area contributed by atoms with E-state index in [1.807, 2.05) is 0 Å². The number of aryl methyl sites for hydroxylation is 1. The molecule has 2 saturated heterocycles. The van der Waals surface area contributed by atoms with Gasteiger partial charge in [0.25, 0.3) is 5.91 Å². The quantitative estimate of drug-likeness (QED) is 0.488. The second kappa shape index (κ2) is 12.5. The predicted octanol–water partition coefficient (Wildman–Crippen LogP) is 2.61. The highest BCUT2D eigenvalue weighted by molar-refractivity contribution is 5.93. The molecule has 0 spiro atoms. The Morgan fingerprint density at radius 1 is 1.17 bits per heavy atom. The van der Waals surface area contributed by atoms with E-state index in [2.05, 4.69) is 66.4 Å². The van der Waals surface area contributed by atoms with Gasteiger partial charge in [0.1, 0.15) is 12.4 Å². The number of hydrogen-bond donors (Lipinski definition) is 1. The first-order valence-electron chi connectivity index (χ1n) is 14.6. The van der Waals surface area contributed by atoms with Gasteiger partial charge in [0.05, 0.1) is 37.4 Å². The highest BCUT2D eigenvalue weighted by atomic mass is 16.5. The summed E-state index contributed by atoms with van der Waals surface area (Å²) in [5.41, 5.74) is 5.96. The second-order valence-corrected chi connectivity index (χ2v) is 11.5. The van der Waals surface area contributed by atoms with Crippen molar-refractivity contribution in [1.29, 1.82) is 5.26 Å². The number of nitrogens with zero attached hydrogens (tertiary/aromatic N) is 7. The number of likely N-dealkylation sites (N-methyl/N-ethyl adjacent to an activating group) is 1. The van der Waals surface area contributed by atoms with Crippen LogP contribution in [0.1, 0.15) is 41.6 Å². The number of aromatic nitrogens is 2. The van der Waals surface area contributed by atoms with Crippen molar-refractivity contribution >= 4 is 17.4 Å². The Hall–Kier alpha value is -3.68. The SMILES string of the molecule is C=C(CO)C(=O)N1CCN(c2nc(OC[C@@H]3CCCN3C)nc3c2CCN(c2cccc(C)c2C)C3)C[C@@H]1CC#N. The monoisotopic (exact) mass is 559 g/mol. The number of aliphatic hydroxyl groups excluding tert-OH is 1. The van der Waals surface area contributed by atoms with E-state index in [-0.39, 0.29) is 23.9 Å². The minimum atomic E-state index is -0.397. The third-order valence-electron chi connectivity index (χ3n) is 8.88. The summed E-state index contributed by atoms with van der Waals surface area (Å²) in [6.07, 6.45) is 3.23. The molecule has 1 N–H and O–H groups in total. The zero-order valence-corrected chi connectivity index (χ0v) is 24.5. The molecule has 4 heterocycles. The number of carbonyl (C=O) groups excluding carboxylic acids is 1. The number of rotatable bonds is 8. The standard InChI is InChI=1S/C31H41N7O3/c1-21-7-5-9-28(23(21)3)36-14-11-26-27(18-36)33-31(41-20-25-8-6-13-35(25)4)34-29(26)37-15-16-38(24(17-37)10-12-32)30(40)22(2)19-39/h5,7,9,24-25,39H,2,6,8,10-11,13-20H2,1,3-4H3/t24-,25-/m0/s1.